The predicted octanol–water partition coefficient (Wildman–Crippen LogP) is 2.23. The van der Waals surface area contributed by atoms with Gasteiger partial charge in [0, 0.05) is 29.9 Å². The van der Waals surface area contributed by atoms with Crippen LogP contribution < -0.4 is 4.72 Å². The summed E-state index contributed by atoms with van der Waals surface area (Å²) in [7, 11) is 1.80. The molecule has 1 aromatic heterocycles. The smallest absolute Gasteiger partial charge is 0.250 e. The Morgan fingerprint density at radius 1 is 1.25 bits per heavy atom. The number of fused-ring (bicyclic) bond motifs is 1. The number of nitrogens with zero attached hydrogens (tertiary/aromatic N) is 3. The number of piperidine rings is 1. The van der Waals surface area contributed by atoms with Crippen LogP contribution in [0.1, 0.15) is 19.3 Å². The maximum Gasteiger partial charge on any atom is 0.250 e. The lowest BCUT2D eigenvalue weighted by molar-refractivity contribution is -0.142. The van der Waals surface area contributed by atoms with Crippen LogP contribution in [-0.4, -0.2) is 88.3 Å². The number of carbonyl (C=O) groups is 2. The van der Waals surface area contributed by atoms with Crippen LogP contribution in [0.25, 0.3) is 10.1 Å². The van der Waals surface area contributed by atoms with Crippen molar-refractivity contribution in [1.29, 1.82) is 0 Å². The molecular formula is C21H29ClN4O4S2. The Labute approximate surface area is 198 Å². The van der Waals surface area contributed by atoms with Gasteiger partial charge in [-0.25, -0.2) is 8.42 Å². The molecule has 1 saturated heterocycles. The molecule has 1 fully saturated rings. The number of hydrogen-bond acceptors (Lipinski definition) is 6. The molecule has 0 saturated carbocycles. The second kappa shape index (κ2) is 10.5. The van der Waals surface area contributed by atoms with Crippen LogP contribution in [0, 0.1) is 0 Å². The molecule has 0 aliphatic carbocycles. The van der Waals surface area contributed by atoms with Gasteiger partial charge in [0.1, 0.15) is 10.3 Å². The minimum Gasteiger partial charge on any atom is -0.344 e. The van der Waals surface area contributed by atoms with Crippen molar-refractivity contribution >= 4 is 54.9 Å². The molecule has 1 aliphatic rings. The fourth-order valence-electron chi connectivity index (χ4n) is 3.60. The van der Waals surface area contributed by atoms with Crippen LogP contribution in [0.2, 0.25) is 5.02 Å². The first-order valence-corrected chi connectivity index (χ1v) is 13.1. The van der Waals surface area contributed by atoms with Crippen molar-refractivity contribution in [1.82, 2.24) is 19.4 Å². The Balaban J connectivity index is 1.63. The summed E-state index contributed by atoms with van der Waals surface area (Å²) in [5.74, 6) is -0.513. The van der Waals surface area contributed by atoms with Crippen molar-refractivity contribution in [3.05, 3.63) is 29.3 Å². The lowest BCUT2D eigenvalue weighted by Crippen LogP contribution is -2.54. The first-order valence-electron chi connectivity index (χ1n) is 10.5. The Morgan fingerprint density at radius 3 is 2.72 bits per heavy atom. The second-order valence-electron chi connectivity index (χ2n) is 8.30. The highest BCUT2D eigenvalue weighted by Gasteiger charge is 2.34. The molecule has 32 heavy (non-hydrogen) atoms. The number of halogens is 1. The normalized spacial score (nSPS) is 17.3. The molecule has 176 valence electrons. The highest BCUT2D eigenvalue weighted by molar-refractivity contribution is 7.91. The molecule has 11 heteroatoms. The summed E-state index contributed by atoms with van der Waals surface area (Å²) in [5, 5.41) is 1.31. The summed E-state index contributed by atoms with van der Waals surface area (Å²) in [6.07, 6.45) is 1.86. The summed E-state index contributed by atoms with van der Waals surface area (Å²) in [4.78, 5) is 30.6. The van der Waals surface area contributed by atoms with Gasteiger partial charge in [-0.15, -0.1) is 11.3 Å². The SMILES string of the molecule is CN(C)CCCN(C)C(=O)CN1CCCC(NS(=O)(=O)c2cc3ccc(Cl)cc3s2)C1=O. The summed E-state index contributed by atoms with van der Waals surface area (Å²) >= 11 is 7.11. The van der Waals surface area contributed by atoms with Gasteiger partial charge < -0.3 is 14.7 Å². The highest BCUT2D eigenvalue weighted by atomic mass is 35.5. The van der Waals surface area contributed by atoms with E-state index in [0.29, 0.717) is 31.0 Å². The molecule has 1 aliphatic heterocycles. The molecule has 8 nitrogen and oxygen atoms in total. The first-order chi connectivity index (χ1) is 15.1. The van der Waals surface area contributed by atoms with Gasteiger partial charge in [-0.2, -0.15) is 4.72 Å². The van der Waals surface area contributed by atoms with Gasteiger partial charge in [0.25, 0.3) is 10.0 Å². The van der Waals surface area contributed by atoms with E-state index in [1.807, 2.05) is 19.0 Å². The average molecular weight is 501 g/mol. The topological polar surface area (TPSA) is 90.0 Å². The lowest BCUT2D eigenvalue weighted by Gasteiger charge is -2.33. The Kier molecular flexibility index (Phi) is 8.16. The maximum atomic E-state index is 12.9. The van der Waals surface area contributed by atoms with E-state index in [0.717, 1.165) is 34.4 Å². The molecule has 1 atom stereocenters. The summed E-state index contributed by atoms with van der Waals surface area (Å²) in [5.41, 5.74) is 0. The molecule has 1 aromatic carbocycles. The lowest BCUT2D eigenvalue weighted by atomic mass is 10.1. The van der Waals surface area contributed by atoms with Crippen LogP contribution in [0.5, 0.6) is 0 Å². The van der Waals surface area contributed by atoms with Crippen LogP contribution in [0.4, 0.5) is 0 Å². The molecule has 0 radical (unpaired) electrons. The van der Waals surface area contributed by atoms with Crippen LogP contribution in [0.3, 0.4) is 0 Å². The van der Waals surface area contributed by atoms with Gasteiger partial charge in [0.05, 0.1) is 6.54 Å². The van der Waals surface area contributed by atoms with Crippen LogP contribution in [-0.2, 0) is 19.6 Å². The van der Waals surface area contributed by atoms with Gasteiger partial charge in [-0.05, 0) is 63.5 Å². The van der Waals surface area contributed by atoms with Gasteiger partial charge >= 0.3 is 0 Å². The molecule has 1 unspecified atom stereocenters. The Hall–Kier alpha value is -1.72. The number of sulfonamides is 1. The van der Waals surface area contributed by atoms with E-state index < -0.39 is 16.1 Å². The van der Waals surface area contributed by atoms with Gasteiger partial charge in [0.2, 0.25) is 11.8 Å². The maximum absolute atomic E-state index is 12.9. The summed E-state index contributed by atoms with van der Waals surface area (Å²) in [6, 6.07) is 5.89. The van der Waals surface area contributed by atoms with Crippen molar-refractivity contribution in [2.24, 2.45) is 0 Å². The minimum atomic E-state index is -3.88. The second-order valence-corrected chi connectivity index (χ2v) is 11.8. The number of nitrogens with one attached hydrogen (secondary N) is 1. The number of carbonyl (C=O) groups excluding carboxylic acids is 2. The largest absolute Gasteiger partial charge is 0.344 e. The van der Waals surface area contributed by atoms with Gasteiger partial charge in [-0.3, -0.25) is 9.59 Å². The molecule has 2 amide bonds. The van der Waals surface area contributed by atoms with Crippen molar-refractivity contribution < 1.29 is 18.0 Å². The molecule has 2 heterocycles. The standard InChI is InChI=1S/C21H29ClN4O4S2/c1-24(2)9-5-10-25(3)19(27)14-26-11-4-6-17(21(26)28)23-32(29,30)20-12-15-7-8-16(22)13-18(15)31-20/h7-8,12-13,17,23H,4-6,9-11,14H2,1-3H3. The third-order valence-corrected chi connectivity index (χ3v) is 8.68. The van der Waals surface area contributed by atoms with Crippen molar-refractivity contribution in [2.75, 3.05) is 47.3 Å². The quantitative estimate of drug-likeness (QED) is 0.570. The summed E-state index contributed by atoms with van der Waals surface area (Å²) in [6.45, 7) is 1.87. The van der Waals surface area contributed by atoms with Gasteiger partial charge in [-0.1, -0.05) is 17.7 Å². The van der Waals surface area contributed by atoms with Gasteiger partial charge in [0.15, 0.2) is 0 Å². The van der Waals surface area contributed by atoms with E-state index in [-0.39, 0.29) is 22.6 Å². The van der Waals surface area contributed by atoms with E-state index >= 15 is 0 Å². The van der Waals surface area contributed by atoms with Crippen molar-refractivity contribution in [3.63, 3.8) is 0 Å². The third kappa shape index (κ3) is 6.20. The first kappa shape index (κ1) is 24.9. The number of amides is 2. The number of likely N-dealkylation sites (N-methyl/N-ethyl adjacent to an activating group) is 1. The number of benzene rings is 1. The zero-order valence-electron chi connectivity index (χ0n) is 18.5. The van der Waals surface area contributed by atoms with E-state index in [9.17, 15) is 18.0 Å². The Bertz CT molecular complexity index is 1090. The molecule has 1 N–H and O–H groups in total. The molecule has 2 aromatic rings. The Morgan fingerprint density at radius 2 is 2.00 bits per heavy atom. The summed E-state index contributed by atoms with van der Waals surface area (Å²) < 4.78 is 29.3. The van der Waals surface area contributed by atoms with E-state index in [2.05, 4.69) is 4.72 Å². The van der Waals surface area contributed by atoms with E-state index in [1.54, 1.807) is 36.2 Å². The van der Waals surface area contributed by atoms with Crippen molar-refractivity contribution in [2.45, 2.75) is 29.5 Å². The van der Waals surface area contributed by atoms with Crippen molar-refractivity contribution in [3.8, 4) is 0 Å². The fourth-order valence-corrected chi connectivity index (χ4v) is 6.51. The zero-order chi connectivity index (χ0) is 23.5. The predicted molar refractivity (Wildman–Crippen MR) is 128 cm³/mol. The number of likely N-dealkylation sites (tertiary alicyclic amines) is 1. The molecule has 0 spiro atoms. The van der Waals surface area contributed by atoms with E-state index in [4.69, 9.17) is 11.6 Å². The zero-order valence-corrected chi connectivity index (χ0v) is 20.9. The monoisotopic (exact) mass is 500 g/mol. The van der Waals surface area contributed by atoms with E-state index in [1.165, 1.54) is 4.90 Å². The fraction of sp³-hybridized carbons (Fsp3) is 0.524. The number of hydrogen-bond donors (Lipinski definition) is 1. The van der Waals surface area contributed by atoms with Crippen LogP contribution in [0.15, 0.2) is 28.5 Å². The van der Waals surface area contributed by atoms with Crippen LogP contribution >= 0.6 is 22.9 Å². The minimum absolute atomic E-state index is 0.0447. The third-order valence-electron chi connectivity index (χ3n) is 5.40. The molecule has 3 rings (SSSR count). The highest BCUT2D eigenvalue weighted by Crippen LogP contribution is 2.31. The average Bonchev–Trinajstić information content (AvgIpc) is 3.14. The number of thiophene rings is 1. The molecular weight excluding hydrogens is 472 g/mol. The number of rotatable bonds is 9. The molecule has 0 bridgehead atoms.